The Morgan fingerprint density at radius 3 is 2.62 bits per heavy atom. The summed E-state index contributed by atoms with van der Waals surface area (Å²) in [7, 11) is 0. The van der Waals surface area contributed by atoms with Crippen molar-refractivity contribution in [3.8, 4) is 10.6 Å². The van der Waals surface area contributed by atoms with Crippen LogP contribution in [-0.2, 0) is 11.3 Å². The van der Waals surface area contributed by atoms with Crippen LogP contribution in [0.15, 0.2) is 34.9 Å². The molecule has 0 fully saturated rings. The first-order chi connectivity index (χ1) is 9.97. The largest absolute Gasteiger partial charge is 0.480 e. The summed E-state index contributed by atoms with van der Waals surface area (Å²) in [6.45, 7) is 4.31. The van der Waals surface area contributed by atoms with Gasteiger partial charge in [0.1, 0.15) is 11.0 Å². The monoisotopic (exact) mass is 368 g/mol. The molecule has 2 rings (SSSR count). The Balaban J connectivity index is 2.03. The van der Waals surface area contributed by atoms with Crippen molar-refractivity contribution in [2.24, 2.45) is 5.92 Å². The van der Waals surface area contributed by atoms with Gasteiger partial charge in [0.05, 0.1) is 0 Å². The molecule has 1 heterocycles. The van der Waals surface area contributed by atoms with Gasteiger partial charge in [-0.25, -0.2) is 4.98 Å². The minimum atomic E-state index is -0.817. The summed E-state index contributed by atoms with van der Waals surface area (Å²) in [6, 6.07) is 7.44. The summed E-state index contributed by atoms with van der Waals surface area (Å²) in [6.07, 6.45) is 1.80. The van der Waals surface area contributed by atoms with Gasteiger partial charge >= 0.3 is 5.97 Å². The summed E-state index contributed by atoms with van der Waals surface area (Å²) in [4.78, 5) is 16.6. The van der Waals surface area contributed by atoms with Crippen molar-refractivity contribution in [1.29, 1.82) is 0 Å². The molecule has 0 unspecified atom stereocenters. The van der Waals surface area contributed by atoms with E-state index in [2.05, 4.69) is 26.2 Å². The lowest BCUT2D eigenvalue weighted by Crippen LogP contribution is -2.40. The van der Waals surface area contributed by atoms with Gasteiger partial charge in [-0.3, -0.25) is 10.1 Å². The number of benzene rings is 1. The van der Waals surface area contributed by atoms with E-state index in [4.69, 9.17) is 5.11 Å². The van der Waals surface area contributed by atoms with Gasteiger partial charge in [-0.2, -0.15) is 0 Å². The molecule has 0 aliphatic rings. The number of carboxylic acid groups (broad SMARTS) is 1. The lowest BCUT2D eigenvalue weighted by molar-refractivity contribution is -0.140. The third-order valence-electron chi connectivity index (χ3n) is 3.07. The zero-order chi connectivity index (χ0) is 15.4. The number of nitrogens with zero attached hydrogens (tertiary/aromatic N) is 1. The Bertz CT molecular complexity index is 610. The third-order valence-corrected chi connectivity index (χ3v) is 4.65. The van der Waals surface area contributed by atoms with E-state index in [9.17, 15) is 4.79 Å². The van der Waals surface area contributed by atoms with Crippen molar-refractivity contribution in [3.63, 3.8) is 0 Å². The van der Waals surface area contributed by atoms with Crippen LogP contribution in [0.4, 0.5) is 0 Å². The highest BCUT2D eigenvalue weighted by molar-refractivity contribution is 9.10. The number of hydrogen-bond donors (Lipinski definition) is 2. The second-order valence-corrected chi connectivity index (χ2v) is 7.11. The molecule has 21 heavy (non-hydrogen) atoms. The molecule has 112 valence electrons. The van der Waals surface area contributed by atoms with Crippen LogP contribution in [0.3, 0.4) is 0 Å². The van der Waals surface area contributed by atoms with Crippen LogP contribution in [0.1, 0.15) is 18.7 Å². The maximum atomic E-state index is 11.1. The molecule has 6 heteroatoms. The fraction of sp³-hybridized carbons (Fsp3) is 0.333. The van der Waals surface area contributed by atoms with Gasteiger partial charge in [-0.05, 0) is 18.1 Å². The highest BCUT2D eigenvalue weighted by Crippen LogP contribution is 2.26. The van der Waals surface area contributed by atoms with Gasteiger partial charge in [0.25, 0.3) is 0 Å². The molecular formula is C15H17BrN2O2S. The first-order valence-electron chi connectivity index (χ1n) is 6.64. The molecule has 2 N–H and O–H groups in total. The van der Waals surface area contributed by atoms with E-state index in [-0.39, 0.29) is 5.92 Å². The van der Waals surface area contributed by atoms with Crippen LogP contribution in [0.25, 0.3) is 10.6 Å². The van der Waals surface area contributed by atoms with Crippen molar-refractivity contribution in [2.75, 3.05) is 0 Å². The van der Waals surface area contributed by atoms with Crippen LogP contribution < -0.4 is 5.32 Å². The molecule has 0 saturated carbocycles. The number of carboxylic acids is 1. The average molecular weight is 369 g/mol. The quantitative estimate of drug-likeness (QED) is 0.814. The Morgan fingerprint density at radius 1 is 1.38 bits per heavy atom. The highest BCUT2D eigenvalue weighted by atomic mass is 79.9. The molecule has 0 spiro atoms. The lowest BCUT2D eigenvalue weighted by atomic mass is 10.1. The minimum absolute atomic E-state index is 0.0429. The minimum Gasteiger partial charge on any atom is -0.480 e. The fourth-order valence-electron chi connectivity index (χ4n) is 1.93. The van der Waals surface area contributed by atoms with E-state index >= 15 is 0 Å². The fourth-order valence-corrected chi connectivity index (χ4v) is 3.07. The van der Waals surface area contributed by atoms with Gasteiger partial charge in [-0.15, -0.1) is 11.3 Å². The highest BCUT2D eigenvalue weighted by Gasteiger charge is 2.20. The molecule has 0 aliphatic carbocycles. The normalized spacial score (nSPS) is 12.6. The predicted molar refractivity (Wildman–Crippen MR) is 88.4 cm³/mol. The smallest absolute Gasteiger partial charge is 0.320 e. The van der Waals surface area contributed by atoms with E-state index in [0.717, 1.165) is 19.9 Å². The Hall–Kier alpha value is -1.24. The predicted octanol–water partition coefficient (Wildman–Crippen LogP) is 3.77. The topological polar surface area (TPSA) is 62.2 Å². The number of carbonyl (C=O) groups is 1. The molecule has 2 aromatic rings. The molecule has 0 saturated heterocycles. The van der Waals surface area contributed by atoms with Crippen LogP contribution in [0, 0.1) is 5.92 Å². The Kier molecular flexibility index (Phi) is 5.50. The maximum absolute atomic E-state index is 11.1. The van der Waals surface area contributed by atoms with Crippen molar-refractivity contribution in [2.45, 2.75) is 26.4 Å². The van der Waals surface area contributed by atoms with Crippen molar-refractivity contribution < 1.29 is 9.90 Å². The number of aliphatic carboxylic acids is 1. The summed E-state index contributed by atoms with van der Waals surface area (Å²) in [5.74, 6) is -0.774. The van der Waals surface area contributed by atoms with E-state index in [1.165, 1.54) is 0 Å². The SMILES string of the molecule is CC(C)[C@@H](NCc1cnc(-c2ccc(Br)cc2)s1)C(=O)O. The number of hydrogen-bond acceptors (Lipinski definition) is 4. The van der Waals surface area contributed by atoms with E-state index in [1.54, 1.807) is 17.5 Å². The van der Waals surface area contributed by atoms with Crippen molar-refractivity contribution in [1.82, 2.24) is 10.3 Å². The molecular weight excluding hydrogens is 352 g/mol. The number of rotatable bonds is 6. The average Bonchev–Trinajstić information content (AvgIpc) is 2.87. The van der Waals surface area contributed by atoms with Crippen LogP contribution >= 0.6 is 27.3 Å². The molecule has 0 aliphatic heterocycles. The van der Waals surface area contributed by atoms with Gasteiger partial charge in [-0.1, -0.05) is 41.9 Å². The summed E-state index contributed by atoms with van der Waals surface area (Å²) < 4.78 is 1.03. The summed E-state index contributed by atoms with van der Waals surface area (Å²) >= 11 is 4.98. The standard InChI is InChI=1S/C15H17BrN2O2S/c1-9(2)13(15(19)20)17-7-12-8-18-14(21-12)10-3-5-11(16)6-4-10/h3-6,8-9,13,17H,7H2,1-2H3,(H,19,20)/t13-/m1/s1. The summed E-state index contributed by atoms with van der Waals surface area (Å²) in [5, 5.41) is 13.2. The lowest BCUT2D eigenvalue weighted by Gasteiger charge is -2.16. The van der Waals surface area contributed by atoms with Gasteiger partial charge in [0, 0.05) is 27.7 Å². The van der Waals surface area contributed by atoms with E-state index < -0.39 is 12.0 Å². The first-order valence-corrected chi connectivity index (χ1v) is 8.25. The number of thiazole rings is 1. The molecule has 1 atom stereocenters. The van der Waals surface area contributed by atoms with Gasteiger partial charge in [0.2, 0.25) is 0 Å². The van der Waals surface area contributed by atoms with Crippen LogP contribution in [0.5, 0.6) is 0 Å². The van der Waals surface area contributed by atoms with Crippen LogP contribution in [0.2, 0.25) is 0 Å². The third kappa shape index (κ3) is 4.36. The molecule has 4 nitrogen and oxygen atoms in total. The number of halogens is 1. The molecule has 0 amide bonds. The first kappa shape index (κ1) is 16.1. The zero-order valence-electron chi connectivity index (χ0n) is 11.8. The number of aromatic nitrogens is 1. The Morgan fingerprint density at radius 2 is 2.05 bits per heavy atom. The second-order valence-electron chi connectivity index (χ2n) is 5.08. The Labute approximate surface area is 136 Å². The van der Waals surface area contributed by atoms with Gasteiger partial charge in [0.15, 0.2) is 0 Å². The molecule has 0 radical (unpaired) electrons. The molecule has 1 aromatic carbocycles. The van der Waals surface area contributed by atoms with Crippen molar-refractivity contribution >= 4 is 33.2 Å². The number of nitrogens with one attached hydrogen (secondary N) is 1. The molecule has 0 bridgehead atoms. The van der Waals surface area contributed by atoms with Crippen molar-refractivity contribution in [3.05, 3.63) is 39.8 Å². The maximum Gasteiger partial charge on any atom is 0.320 e. The van der Waals surface area contributed by atoms with E-state index in [0.29, 0.717) is 6.54 Å². The molecule has 1 aromatic heterocycles. The van der Waals surface area contributed by atoms with Crippen LogP contribution in [-0.4, -0.2) is 22.1 Å². The summed E-state index contributed by atoms with van der Waals surface area (Å²) in [5.41, 5.74) is 1.06. The zero-order valence-corrected chi connectivity index (χ0v) is 14.2. The van der Waals surface area contributed by atoms with Gasteiger partial charge < -0.3 is 5.11 Å². The second kappa shape index (κ2) is 7.15. The van der Waals surface area contributed by atoms with E-state index in [1.807, 2.05) is 38.1 Å².